The van der Waals surface area contributed by atoms with Gasteiger partial charge < -0.3 is 50.8 Å². The fourth-order valence-electron chi connectivity index (χ4n) is 16.3. The minimum atomic E-state index is -1.66. The van der Waals surface area contributed by atoms with Crippen molar-refractivity contribution in [1.29, 1.82) is 0 Å². The minimum Gasteiger partial charge on any atom is -0.481 e. The Bertz CT molecular complexity index is 2700. The van der Waals surface area contributed by atoms with Crippen LogP contribution in [0, 0.1) is 34.0 Å². The van der Waals surface area contributed by atoms with Gasteiger partial charge in [0.1, 0.15) is 11.6 Å². The lowest BCUT2D eigenvalue weighted by molar-refractivity contribution is -0.192. The topological polar surface area (TPSA) is 404 Å². The Labute approximate surface area is 797 Å². The third kappa shape index (κ3) is 101. The van der Waals surface area contributed by atoms with Gasteiger partial charge in [0, 0.05) is 43.9 Å². The number of unbranched alkanes of at least 4 members (excludes halogenated alkanes) is 65. The second-order valence-corrected chi connectivity index (χ2v) is 39.0. The van der Waals surface area contributed by atoms with Crippen molar-refractivity contribution in [3.63, 3.8) is 0 Å². The highest BCUT2D eigenvalue weighted by Crippen LogP contribution is 2.36. The summed E-state index contributed by atoms with van der Waals surface area (Å²) in [7, 11) is 0. The normalized spacial score (nSPS) is 11.2. The number of hydrogen-bond acceptors (Lipinski definition) is 13. The fourth-order valence-corrected chi connectivity index (χ4v) is 16.3. The molecule has 0 radical (unpaired) electrons. The molecule has 22 nitrogen and oxygen atoms in total. The number of carbonyl (C=O) groups excluding carboxylic acids is 4. The molecular formula is C109H200O22. The van der Waals surface area contributed by atoms with E-state index in [2.05, 4.69) is 19.8 Å². The van der Waals surface area contributed by atoms with E-state index in [4.69, 9.17) is 41.5 Å². The summed E-state index contributed by atoms with van der Waals surface area (Å²) in [6.45, 7) is 15.5. The second kappa shape index (κ2) is 101. The highest BCUT2D eigenvalue weighted by molar-refractivity contribution is 5.98. The van der Waals surface area contributed by atoms with Crippen molar-refractivity contribution in [2.75, 3.05) is 0 Å². The smallest absolute Gasteiger partial charge is 0.373 e. The van der Waals surface area contributed by atoms with Crippen molar-refractivity contribution in [3.8, 4) is 12.3 Å². The summed E-state index contributed by atoms with van der Waals surface area (Å²) in [5.41, 5.74) is -4.04. The molecule has 0 amide bonds. The van der Waals surface area contributed by atoms with Crippen molar-refractivity contribution < 1.29 is 108 Å². The zero-order valence-electron chi connectivity index (χ0n) is 85.1. The van der Waals surface area contributed by atoms with E-state index in [0.29, 0.717) is 57.1 Å². The van der Waals surface area contributed by atoms with Crippen molar-refractivity contribution in [1.82, 2.24) is 0 Å². The summed E-state index contributed by atoms with van der Waals surface area (Å²) in [5, 5.41) is 81.9. The van der Waals surface area contributed by atoms with E-state index < -0.39 is 70.0 Å². The van der Waals surface area contributed by atoms with Crippen LogP contribution in [0.5, 0.6) is 0 Å². The molecule has 0 spiro atoms. The van der Waals surface area contributed by atoms with E-state index >= 15 is 0 Å². The van der Waals surface area contributed by atoms with Crippen LogP contribution in [0.4, 0.5) is 0 Å². The summed E-state index contributed by atoms with van der Waals surface area (Å²) < 4.78 is 0. The first-order chi connectivity index (χ1) is 62.6. The predicted molar refractivity (Wildman–Crippen MR) is 531 cm³/mol. The van der Waals surface area contributed by atoms with Gasteiger partial charge in [0.05, 0.1) is 5.41 Å². The quantitative estimate of drug-likeness (QED) is 0.0155. The molecule has 0 aliphatic rings. The minimum absolute atomic E-state index is 0.156. The third-order valence-electron chi connectivity index (χ3n) is 25.8. The van der Waals surface area contributed by atoms with Crippen LogP contribution >= 0.6 is 0 Å². The van der Waals surface area contributed by atoms with Crippen LogP contribution in [0.1, 0.15) is 588 Å². The molecule has 0 fully saturated rings. The van der Waals surface area contributed by atoms with E-state index in [1.54, 1.807) is 27.7 Å². The Balaban J connectivity index is -0.000000376. The Morgan fingerprint density at radius 2 is 0.366 bits per heavy atom. The molecule has 0 atom stereocenters. The molecule has 0 aliphatic heterocycles. The molecule has 0 unspecified atom stereocenters. The molecule has 0 bridgehead atoms. The lowest BCUT2D eigenvalue weighted by Crippen LogP contribution is -2.39. The first kappa shape index (κ1) is 135. The van der Waals surface area contributed by atoms with Gasteiger partial charge in [-0.25, -0.2) is 0 Å². The van der Waals surface area contributed by atoms with Crippen LogP contribution in [0.15, 0.2) is 0 Å². The summed E-state index contributed by atoms with van der Waals surface area (Å²) in [6, 6.07) is 0. The number of aliphatic carboxylic acids is 9. The van der Waals surface area contributed by atoms with Gasteiger partial charge in [0.15, 0.2) is 10.8 Å². The summed E-state index contributed by atoms with van der Waals surface area (Å²) in [5.74, 6) is -5.08. The van der Waals surface area contributed by atoms with Crippen LogP contribution < -0.4 is 0 Å². The molecule has 0 rings (SSSR count). The molecule has 0 aromatic heterocycles. The van der Waals surface area contributed by atoms with Crippen molar-refractivity contribution in [2.24, 2.45) is 21.7 Å². The molecule has 22 heteroatoms. The van der Waals surface area contributed by atoms with Gasteiger partial charge in [-0.1, -0.05) is 445 Å². The molecule has 0 saturated carbocycles. The lowest BCUT2D eigenvalue weighted by atomic mass is 9.78. The number of rotatable bonds is 93. The van der Waals surface area contributed by atoms with E-state index in [9.17, 15) is 73.2 Å². The Morgan fingerprint density at radius 3 is 0.519 bits per heavy atom. The van der Waals surface area contributed by atoms with E-state index in [0.717, 1.165) is 212 Å². The van der Waals surface area contributed by atoms with Crippen molar-refractivity contribution in [3.05, 3.63) is 0 Å². The molecule has 768 valence electrons. The van der Waals surface area contributed by atoms with E-state index in [1.165, 1.54) is 231 Å². The zero-order chi connectivity index (χ0) is 99.5. The molecular weight excluding hydrogens is 1660 g/mol. The van der Waals surface area contributed by atoms with Crippen LogP contribution in [0.3, 0.4) is 0 Å². The standard InChI is InChI=1S/C26H48O6.C25H42O6.C24H46O3.C19H36O3.C14H28O2.CO2/c1-2-3-4-5-6-7-9-12-15-18-21-26(24(29)30,25(31)32)22-19-16-13-10-8-11-14-17-20-23(27)28;1-2-3-4-5-6-8-11-14-17-20-25(23(28)29,24(30)31)21-18-15-12-9-7-10-13-16-19-22(26)27;1-23(25)21-19-17-15-13-11-9-7-5-3-2-4-6-8-10-12-14-16-18-20-22-24(26)27;1-16(20)18(2,3)14-12-10-8-6-7-9-11-13-15-19(4,5)17(21)22;1-2-3-4-5-6-7-8-9-10-11-12-13-14(15)16;2-1-3/h2-22H2,1H3,(H,27,28)(H,29,30)(H,31,32);1H,3-21H2,(H,26,27)(H,28,29)(H,30,31);2-22H2,1H3,(H,26,27);6-15H2,1-5H3,(H,21,22);2-13H2,1H3,(H,15,16);. The second-order valence-electron chi connectivity index (χ2n) is 39.0. The highest BCUT2D eigenvalue weighted by Gasteiger charge is 2.46. The van der Waals surface area contributed by atoms with Gasteiger partial charge in [-0.15, -0.1) is 12.3 Å². The average Bonchev–Trinajstić information content (AvgIpc) is 0.830. The third-order valence-corrected chi connectivity index (χ3v) is 25.8. The zero-order valence-corrected chi connectivity index (χ0v) is 85.1. The number of ketones is 2. The maximum Gasteiger partial charge on any atom is 0.373 e. The van der Waals surface area contributed by atoms with Crippen LogP contribution in [0.2, 0.25) is 0 Å². The van der Waals surface area contributed by atoms with Gasteiger partial charge in [-0.05, 0) is 105 Å². The monoisotopic (exact) mass is 1860 g/mol. The Morgan fingerprint density at radius 1 is 0.214 bits per heavy atom. The van der Waals surface area contributed by atoms with E-state index in [1.807, 2.05) is 13.8 Å². The molecule has 0 heterocycles. The van der Waals surface area contributed by atoms with Crippen molar-refractivity contribution >= 4 is 71.4 Å². The van der Waals surface area contributed by atoms with Crippen LogP contribution in [-0.2, 0) is 62.3 Å². The molecule has 0 saturated heterocycles. The molecule has 131 heavy (non-hydrogen) atoms. The van der Waals surface area contributed by atoms with Gasteiger partial charge in [0.25, 0.3) is 0 Å². The largest absolute Gasteiger partial charge is 0.481 e. The first-order valence-electron chi connectivity index (χ1n) is 53.1. The summed E-state index contributed by atoms with van der Waals surface area (Å²) >= 11 is 0. The average molecular weight is 1860 g/mol. The fraction of sp³-hybridized carbons (Fsp3) is 0.872. The number of carboxylic acids is 9. The first-order valence-corrected chi connectivity index (χ1v) is 53.1. The van der Waals surface area contributed by atoms with Crippen LogP contribution in [0.25, 0.3) is 0 Å². The van der Waals surface area contributed by atoms with Gasteiger partial charge >= 0.3 is 59.9 Å². The van der Waals surface area contributed by atoms with Crippen LogP contribution in [-0.4, -0.2) is 117 Å². The summed E-state index contributed by atoms with van der Waals surface area (Å²) in [4.78, 5) is 138. The van der Waals surface area contributed by atoms with Crippen molar-refractivity contribution in [2.45, 2.75) is 588 Å². The number of carbonyl (C=O) groups is 11. The maximum absolute atomic E-state index is 11.8. The van der Waals surface area contributed by atoms with Gasteiger partial charge in [-0.2, -0.15) is 9.59 Å². The SMILES string of the molecule is C#CCCCCCCCCCC(CCCCCCCCCCC(=O)O)(C(=O)O)C(=O)O.CC(=O)C(C)(C)CCCCCCCCCCC(C)(C)C(=O)O.CC(=O)CCCCCCCCCCCCCCCCCCCCCC(=O)O.CCCCCCCCCCCCC(CCCCCCCCCCC(=O)O)(C(=O)O)C(=O)O.CCCCCCCCCCCCCC(=O)O.O=C=O. The molecule has 9 N–H and O–H groups in total. The Kier molecular flexibility index (Phi) is 104. The lowest BCUT2D eigenvalue weighted by Gasteiger charge is -2.25. The van der Waals surface area contributed by atoms with Gasteiger partial charge in [-0.3, -0.25) is 47.9 Å². The predicted octanol–water partition coefficient (Wildman–Crippen LogP) is 31.4. The number of hydrogen-bond donors (Lipinski definition) is 9. The maximum atomic E-state index is 11.8. The highest BCUT2D eigenvalue weighted by atomic mass is 16.4. The number of terminal acetylenes is 1. The summed E-state index contributed by atoms with van der Waals surface area (Å²) in [6.07, 6.45) is 91.2. The molecule has 0 aromatic carbocycles. The number of carboxylic acid groups (broad SMARTS) is 9. The van der Waals surface area contributed by atoms with Gasteiger partial charge in [0.2, 0.25) is 0 Å². The Hall–Kier alpha value is -6.49. The van der Waals surface area contributed by atoms with E-state index in [-0.39, 0.29) is 55.9 Å². The number of Topliss-reactive ketones (excluding diaryl/α,β-unsaturated/α-hetero) is 2. The molecule has 0 aliphatic carbocycles. The molecule has 0 aromatic rings.